The fourth-order valence-corrected chi connectivity index (χ4v) is 2.31. The third-order valence-electron chi connectivity index (χ3n) is 3.29. The summed E-state index contributed by atoms with van der Waals surface area (Å²) in [5, 5.41) is 0. The van der Waals surface area contributed by atoms with Crippen LogP contribution in [0.4, 0.5) is 5.82 Å². The van der Waals surface area contributed by atoms with Crippen molar-refractivity contribution in [2.24, 2.45) is 0 Å². The molecule has 0 spiro atoms. The Kier molecular flexibility index (Phi) is 4.69. The van der Waals surface area contributed by atoms with E-state index >= 15 is 0 Å². The number of ether oxygens (including phenoxy) is 1. The Morgan fingerprint density at radius 2 is 1.85 bits per heavy atom. The molecule has 2 aromatic rings. The molecular weight excluding hydrogens is 250 g/mol. The highest BCUT2D eigenvalue weighted by molar-refractivity contribution is 5.42. The van der Waals surface area contributed by atoms with Crippen LogP contribution in [-0.2, 0) is 11.2 Å². The first-order chi connectivity index (χ1) is 9.67. The van der Waals surface area contributed by atoms with E-state index in [1.807, 2.05) is 44.2 Å². The van der Waals surface area contributed by atoms with E-state index in [4.69, 9.17) is 10.5 Å². The van der Waals surface area contributed by atoms with E-state index in [2.05, 4.69) is 16.9 Å². The molecule has 1 atom stereocenters. The quantitative estimate of drug-likeness (QED) is 0.908. The maximum atomic E-state index is 6.04. The van der Waals surface area contributed by atoms with E-state index in [0.29, 0.717) is 18.2 Å². The first-order valence-corrected chi connectivity index (χ1v) is 6.96. The molecule has 1 aromatic heterocycles. The van der Waals surface area contributed by atoms with E-state index in [9.17, 15) is 0 Å². The summed E-state index contributed by atoms with van der Waals surface area (Å²) in [6, 6.07) is 9.98. The standard InChI is InChI=1S/C16H21N3O/c1-4-13-11(3)18-16(19-15(13)17)14(20-5-2)12-9-7-6-8-10-12/h6-10,14H,4-5H2,1-3H3,(H2,17,18,19). The summed E-state index contributed by atoms with van der Waals surface area (Å²) in [6.07, 6.45) is 0.566. The molecule has 4 heteroatoms. The molecule has 1 unspecified atom stereocenters. The molecule has 1 aromatic carbocycles. The lowest BCUT2D eigenvalue weighted by atomic mass is 10.1. The van der Waals surface area contributed by atoms with Gasteiger partial charge in [0.15, 0.2) is 5.82 Å². The van der Waals surface area contributed by atoms with Crippen molar-refractivity contribution in [1.29, 1.82) is 0 Å². The first kappa shape index (κ1) is 14.5. The molecule has 0 aliphatic rings. The average molecular weight is 271 g/mol. The van der Waals surface area contributed by atoms with Crippen LogP contribution in [0.1, 0.15) is 42.6 Å². The normalized spacial score (nSPS) is 12.3. The van der Waals surface area contributed by atoms with Gasteiger partial charge in [-0.1, -0.05) is 37.3 Å². The van der Waals surface area contributed by atoms with Crippen LogP contribution in [0, 0.1) is 6.92 Å². The molecular formula is C16H21N3O. The zero-order valence-electron chi connectivity index (χ0n) is 12.3. The highest BCUT2D eigenvalue weighted by Gasteiger charge is 2.19. The van der Waals surface area contributed by atoms with Crippen LogP contribution in [0.15, 0.2) is 30.3 Å². The Bertz CT molecular complexity index is 546. The topological polar surface area (TPSA) is 61.0 Å². The predicted molar refractivity (Wildman–Crippen MR) is 80.5 cm³/mol. The van der Waals surface area contributed by atoms with Crippen molar-refractivity contribution < 1.29 is 4.74 Å². The van der Waals surface area contributed by atoms with Gasteiger partial charge >= 0.3 is 0 Å². The second-order valence-corrected chi connectivity index (χ2v) is 4.63. The molecule has 2 rings (SSSR count). The summed E-state index contributed by atoms with van der Waals surface area (Å²) in [6.45, 7) is 6.58. The third kappa shape index (κ3) is 2.96. The summed E-state index contributed by atoms with van der Waals surface area (Å²) in [5.74, 6) is 1.18. The van der Waals surface area contributed by atoms with Gasteiger partial charge in [0.1, 0.15) is 11.9 Å². The number of hydrogen-bond acceptors (Lipinski definition) is 4. The van der Waals surface area contributed by atoms with E-state index in [1.54, 1.807) is 0 Å². The Morgan fingerprint density at radius 3 is 2.40 bits per heavy atom. The highest BCUT2D eigenvalue weighted by Crippen LogP contribution is 2.25. The summed E-state index contributed by atoms with van der Waals surface area (Å²) < 4.78 is 5.82. The third-order valence-corrected chi connectivity index (χ3v) is 3.29. The number of benzene rings is 1. The van der Waals surface area contributed by atoms with Crippen LogP contribution in [0.5, 0.6) is 0 Å². The fraction of sp³-hybridized carbons (Fsp3) is 0.375. The summed E-state index contributed by atoms with van der Waals surface area (Å²) in [5.41, 5.74) is 9.02. The minimum absolute atomic E-state index is 0.270. The van der Waals surface area contributed by atoms with Gasteiger partial charge in [-0.15, -0.1) is 0 Å². The smallest absolute Gasteiger partial charge is 0.164 e. The molecule has 106 valence electrons. The highest BCUT2D eigenvalue weighted by atomic mass is 16.5. The molecule has 0 aliphatic carbocycles. The monoisotopic (exact) mass is 271 g/mol. The zero-order chi connectivity index (χ0) is 14.5. The lowest BCUT2D eigenvalue weighted by Crippen LogP contribution is -2.14. The van der Waals surface area contributed by atoms with Crippen molar-refractivity contribution in [3.8, 4) is 0 Å². The van der Waals surface area contributed by atoms with Crippen molar-refractivity contribution in [2.75, 3.05) is 12.3 Å². The lowest BCUT2D eigenvalue weighted by Gasteiger charge is -2.18. The number of rotatable bonds is 5. The van der Waals surface area contributed by atoms with E-state index in [0.717, 1.165) is 23.2 Å². The van der Waals surface area contributed by atoms with E-state index < -0.39 is 0 Å². The SMILES string of the molecule is CCOC(c1ccccc1)c1nc(C)c(CC)c(N)n1. The minimum Gasteiger partial charge on any atom is -0.383 e. The largest absolute Gasteiger partial charge is 0.383 e. The van der Waals surface area contributed by atoms with Gasteiger partial charge in [-0.3, -0.25) is 0 Å². The molecule has 20 heavy (non-hydrogen) atoms. The number of anilines is 1. The van der Waals surface area contributed by atoms with Gasteiger partial charge in [-0.25, -0.2) is 9.97 Å². The van der Waals surface area contributed by atoms with Crippen molar-refractivity contribution in [1.82, 2.24) is 9.97 Å². The second kappa shape index (κ2) is 6.48. The second-order valence-electron chi connectivity index (χ2n) is 4.63. The van der Waals surface area contributed by atoms with Crippen LogP contribution < -0.4 is 5.73 Å². The summed E-state index contributed by atoms with van der Waals surface area (Å²) in [7, 11) is 0. The molecule has 0 saturated carbocycles. The number of hydrogen-bond donors (Lipinski definition) is 1. The Balaban J connectivity index is 2.45. The molecule has 0 bridgehead atoms. The van der Waals surface area contributed by atoms with Crippen molar-refractivity contribution in [3.05, 3.63) is 53.0 Å². The predicted octanol–water partition coefficient (Wildman–Crippen LogP) is 3.06. The molecule has 0 radical (unpaired) electrons. The van der Waals surface area contributed by atoms with Crippen molar-refractivity contribution >= 4 is 5.82 Å². The first-order valence-electron chi connectivity index (χ1n) is 6.96. The lowest BCUT2D eigenvalue weighted by molar-refractivity contribution is 0.0851. The van der Waals surface area contributed by atoms with Gasteiger partial charge < -0.3 is 10.5 Å². The number of nitrogens with two attached hydrogens (primary N) is 1. The van der Waals surface area contributed by atoms with E-state index in [1.165, 1.54) is 0 Å². The molecule has 4 nitrogen and oxygen atoms in total. The molecule has 0 aliphatic heterocycles. The van der Waals surface area contributed by atoms with Crippen molar-refractivity contribution in [3.63, 3.8) is 0 Å². The van der Waals surface area contributed by atoms with Crippen LogP contribution in [0.3, 0.4) is 0 Å². The fourth-order valence-electron chi connectivity index (χ4n) is 2.31. The van der Waals surface area contributed by atoms with Gasteiger partial charge in [0.05, 0.1) is 0 Å². The molecule has 0 saturated heterocycles. The van der Waals surface area contributed by atoms with Gasteiger partial charge in [-0.2, -0.15) is 0 Å². The van der Waals surface area contributed by atoms with Crippen LogP contribution in [0.25, 0.3) is 0 Å². The molecule has 2 N–H and O–H groups in total. The number of nitrogen functional groups attached to an aromatic ring is 1. The maximum Gasteiger partial charge on any atom is 0.164 e. The molecule has 1 heterocycles. The number of nitrogens with zero attached hydrogens (tertiary/aromatic N) is 2. The number of aryl methyl sites for hydroxylation is 1. The van der Waals surface area contributed by atoms with Gasteiger partial charge in [0.2, 0.25) is 0 Å². The van der Waals surface area contributed by atoms with E-state index in [-0.39, 0.29) is 6.10 Å². The van der Waals surface area contributed by atoms with Gasteiger partial charge in [0, 0.05) is 17.9 Å². The Labute approximate surface area is 120 Å². The Hall–Kier alpha value is -1.94. The number of aromatic nitrogens is 2. The Morgan fingerprint density at radius 1 is 1.15 bits per heavy atom. The van der Waals surface area contributed by atoms with Crippen LogP contribution in [0.2, 0.25) is 0 Å². The van der Waals surface area contributed by atoms with Crippen LogP contribution >= 0.6 is 0 Å². The summed E-state index contributed by atoms with van der Waals surface area (Å²) in [4.78, 5) is 9.03. The zero-order valence-corrected chi connectivity index (χ0v) is 12.3. The van der Waals surface area contributed by atoms with Crippen molar-refractivity contribution in [2.45, 2.75) is 33.3 Å². The minimum atomic E-state index is -0.270. The maximum absolute atomic E-state index is 6.04. The van der Waals surface area contributed by atoms with Gasteiger partial charge in [0.25, 0.3) is 0 Å². The molecule has 0 fully saturated rings. The molecule has 0 amide bonds. The van der Waals surface area contributed by atoms with Crippen LogP contribution in [-0.4, -0.2) is 16.6 Å². The average Bonchev–Trinajstić information content (AvgIpc) is 2.45. The summed E-state index contributed by atoms with van der Waals surface area (Å²) >= 11 is 0. The van der Waals surface area contributed by atoms with Gasteiger partial charge in [-0.05, 0) is 25.8 Å².